The largest absolute Gasteiger partial charge is 0.294 e. The van der Waals surface area contributed by atoms with Gasteiger partial charge in [-0.15, -0.1) is 147 Å². The molecular weight excluding hydrogens is 2270 g/mol. The number of thiophene rings is 15. The Morgan fingerprint density at radius 3 is 0.965 bits per heavy atom. The van der Waals surface area contributed by atoms with Crippen molar-refractivity contribution in [3.05, 3.63) is 348 Å². The normalized spacial score (nSPS) is 10.9. The summed E-state index contributed by atoms with van der Waals surface area (Å²) in [6.45, 7) is 13.6. The summed E-state index contributed by atoms with van der Waals surface area (Å²) < 4.78 is 1.26. The number of Topliss-reactive ketones (excluding diaryl/α,β-unsaturated/α-hetero) is 16. The second-order valence-electron chi connectivity index (χ2n) is 30.9. The van der Waals surface area contributed by atoms with Gasteiger partial charge in [-0.2, -0.15) is 22.7 Å². The third-order valence-electron chi connectivity index (χ3n) is 20.2. The summed E-state index contributed by atoms with van der Waals surface area (Å²) in [5.74, 6) is -0.0306. The fourth-order valence-electron chi connectivity index (χ4n) is 12.3. The zero-order valence-electron chi connectivity index (χ0n) is 77.3. The highest BCUT2D eigenvalue weighted by Crippen LogP contribution is 2.43. The molecule has 15 heterocycles. The molecule has 0 unspecified atom stereocenters. The van der Waals surface area contributed by atoms with Gasteiger partial charge in [0.2, 0.25) is 0 Å². The van der Waals surface area contributed by atoms with E-state index in [-0.39, 0.29) is 155 Å². The van der Waals surface area contributed by atoms with Gasteiger partial charge in [-0.05, 0) is 195 Å². The topological polar surface area (TPSA) is 273 Å². The van der Waals surface area contributed by atoms with Crippen LogP contribution in [0.15, 0.2) is 198 Å². The van der Waals surface area contributed by atoms with E-state index in [4.69, 9.17) is 92.8 Å². The fraction of sp³-hybridized carbons (Fsp3) is 0.231. The molecule has 746 valence electrons. The van der Waals surface area contributed by atoms with Gasteiger partial charge in [0, 0.05) is 176 Å². The van der Waals surface area contributed by atoms with Crippen LogP contribution in [0, 0.1) is 48.5 Å². The van der Waals surface area contributed by atoms with Gasteiger partial charge in [0.05, 0.1) is 83.1 Å². The van der Waals surface area contributed by atoms with Gasteiger partial charge < -0.3 is 0 Å². The van der Waals surface area contributed by atoms with Crippen molar-refractivity contribution in [1.29, 1.82) is 0 Å². The molecule has 0 atom stereocenters. The SMILES string of the molecule is Cc1cc(C(=O)CCC(=O)c2cc(Cl)c(Cl)s2)sc1C.Cc1cc(C(=O)CCC(=O)c2csc(Cl)c2)cs1.Cc1ccc(C(=O)CCC(=O)c2cccs2)s1.Cc1ccc(C(=O)CCC(=O)c2cccs2)s1.Cc1csc(C(=O)CCC(=O)c2cccs2)c1.Cc1sc(C(=O)CCC(=O)c2sc(Cl)c(Cl)c2Cl)c(Cl)c1Cl.O=C(CCC(=O)c1cccs1)c1ccsc1.O=C(CCC(=O)c1ccsc1)C1=CCC=C1. The van der Waals surface area contributed by atoms with E-state index >= 15 is 0 Å². The van der Waals surface area contributed by atoms with Gasteiger partial charge in [-0.25, -0.2) is 0 Å². The molecule has 0 radical (unpaired) electrons. The zero-order valence-corrected chi connectivity index (χ0v) is 95.5. The van der Waals surface area contributed by atoms with E-state index in [0.717, 1.165) is 109 Å². The number of hydrogen-bond acceptors (Lipinski definition) is 31. The summed E-state index contributed by atoms with van der Waals surface area (Å²) >= 11 is 67.8. The lowest BCUT2D eigenvalue weighted by Crippen LogP contribution is -2.04. The number of rotatable bonds is 40. The lowest BCUT2D eigenvalue weighted by molar-refractivity contribution is -0.115. The van der Waals surface area contributed by atoms with E-state index in [9.17, 15) is 76.7 Å². The molecule has 16 rings (SSSR count). The Morgan fingerprint density at radius 2 is 0.650 bits per heavy atom. The van der Waals surface area contributed by atoms with Crippen molar-refractivity contribution in [3.63, 3.8) is 0 Å². The summed E-state index contributed by atoms with van der Waals surface area (Å²) in [4.78, 5) is 201. The molecule has 0 saturated carbocycles. The van der Waals surface area contributed by atoms with Gasteiger partial charge >= 0.3 is 0 Å². The molecule has 1 aliphatic carbocycles. The average Bonchev–Trinajstić information content (AvgIpc) is 1.56. The Balaban J connectivity index is 0.000000183. The Bertz CT molecular complexity index is 6500. The first-order valence-corrected chi connectivity index (χ1v) is 59.3. The van der Waals surface area contributed by atoms with E-state index in [2.05, 4.69) is 0 Å². The second-order valence-corrected chi connectivity index (χ2v) is 50.1. The first kappa shape index (κ1) is 119. The van der Waals surface area contributed by atoms with E-state index in [1.165, 1.54) is 136 Å². The highest BCUT2D eigenvalue weighted by molar-refractivity contribution is 7.20. The van der Waals surface area contributed by atoms with Crippen molar-refractivity contribution < 1.29 is 76.7 Å². The van der Waals surface area contributed by atoms with Crippen LogP contribution in [0.5, 0.6) is 0 Å². The molecule has 39 heteroatoms. The summed E-state index contributed by atoms with van der Waals surface area (Å²) in [7, 11) is 0. The van der Waals surface area contributed by atoms with E-state index in [1.807, 2.05) is 180 Å². The predicted molar refractivity (Wildman–Crippen MR) is 604 cm³/mol. The van der Waals surface area contributed by atoms with Crippen molar-refractivity contribution in [1.82, 2.24) is 0 Å². The summed E-state index contributed by atoms with van der Waals surface area (Å²) in [5.41, 5.74) is 5.69. The maximum Gasteiger partial charge on any atom is 0.174 e. The van der Waals surface area contributed by atoms with Crippen LogP contribution in [0.25, 0.3) is 0 Å². The van der Waals surface area contributed by atoms with Crippen molar-refractivity contribution in [2.75, 3.05) is 0 Å². The van der Waals surface area contributed by atoms with Crippen LogP contribution in [0.1, 0.15) is 292 Å². The Labute approximate surface area is 927 Å². The molecule has 15 aromatic rings. The molecule has 1 aliphatic rings. The van der Waals surface area contributed by atoms with Crippen LogP contribution in [-0.2, 0) is 4.79 Å². The predicted octanol–water partition coefficient (Wildman–Crippen LogP) is 36.1. The number of hydrogen-bond donors (Lipinski definition) is 0. The smallest absolute Gasteiger partial charge is 0.174 e. The van der Waals surface area contributed by atoms with Gasteiger partial charge in [-0.3, -0.25) is 76.7 Å². The maximum absolute atomic E-state index is 12.2. The van der Waals surface area contributed by atoms with E-state index in [1.54, 1.807) is 72.2 Å². The van der Waals surface area contributed by atoms with Crippen LogP contribution in [0.2, 0.25) is 38.1 Å². The molecule has 0 spiro atoms. The van der Waals surface area contributed by atoms with Crippen LogP contribution in [-0.4, -0.2) is 92.5 Å². The van der Waals surface area contributed by atoms with E-state index < -0.39 is 0 Å². The Morgan fingerprint density at radius 1 is 0.266 bits per heavy atom. The number of carbonyl (C=O) groups is 16. The number of aryl methyl sites for hydroxylation is 7. The third kappa shape index (κ3) is 38.6. The summed E-state index contributed by atoms with van der Waals surface area (Å²) in [6.07, 6.45) is 10.4. The first-order valence-electron chi connectivity index (χ1n) is 43.3. The van der Waals surface area contributed by atoms with Crippen molar-refractivity contribution in [3.8, 4) is 0 Å². The molecule has 0 aliphatic heterocycles. The zero-order chi connectivity index (χ0) is 104. The monoisotopic (exact) mass is 2350 g/mol. The molecule has 0 fully saturated rings. The lowest BCUT2D eigenvalue weighted by atomic mass is 10.0. The Kier molecular flexibility index (Phi) is 50.1. The number of allylic oxidation sites excluding steroid dienone is 4. The quantitative estimate of drug-likeness (QED) is 0.0323. The number of carbonyl (C=O) groups excluding carboxylic acids is 16. The van der Waals surface area contributed by atoms with Crippen molar-refractivity contribution >= 4 is 355 Å². The highest BCUT2D eigenvalue weighted by atomic mass is 35.5. The minimum atomic E-state index is -0.285. The minimum Gasteiger partial charge on any atom is -0.294 e. The number of ketones is 16. The molecule has 15 aromatic heterocycles. The van der Waals surface area contributed by atoms with Gasteiger partial charge in [-0.1, -0.05) is 135 Å². The van der Waals surface area contributed by atoms with Gasteiger partial charge in [0.15, 0.2) is 92.5 Å². The van der Waals surface area contributed by atoms with Crippen LogP contribution < -0.4 is 0 Å². The molecule has 0 saturated heterocycles. The summed E-state index contributed by atoms with van der Waals surface area (Å²) in [5, 5.41) is 21.7. The third-order valence-corrected chi connectivity index (χ3v) is 38.3. The van der Waals surface area contributed by atoms with Crippen LogP contribution >= 0.6 is 263 Å². The standard InChI is InChI=1S/C14H12Cl2O2S2.C13H7Cl5O2S2.C13H11ClO2S2.3C13H12O2S2.C13H12O2S.C12H10O2S2/c1-7-5-12(19-8(7)2)10(17)3-4-11(18)13-6-9(15)14(16)20-13;1-4-7(14)8(15)11(21-4)5(19)2-3-6(20)12-9(16)10(17)13(18)22-12;1-8-4-9(6-17-8)11(15)2-3-12(16)10-5-13(14)18-7-10;2*1-9-4-7-13(17-9)11(15)6-5-10(14)12-3-2-8-16-12;1-9-7-13(17-8-9)11(15)5-4-10(14)12-3-2-6-16-12;14-12(10-3-1-2-4-10)5-6-13(15)11-7-8-16-9-11;13-10(9-5-7-15-8-9)3-4-11(14)12-2-1-6-16-12/h5-6H,3-4H2,1-2H3;2-3H2,1H3;4-7H,2-3H2,1H3;2*2-4,7-8H,5-6H2,1H3;2-3,6-8H,4-5H2,1H3;1,3-4,7-9H,2,5-6H2;1-2,5-8H,3-4H2. The second kappa shape index (κ2) is 60.5. The average molecular weight is 2360 g/mol. The minimum absolute atomic E-state index is 0.00335. The fourth-order valence-corrected chi connectivity index (χ4v) is 26.3. The molecule has 16 nitrogen and oxygen atoms in total. The van der Waals surface area contributed by atoms with Crippen LogP contribution in [0.4, 0.5) is 0 Å². The van der Waals surface area contributed by atoms with Crippen molar-refractivity contribution in [2.45, 2.75) is 158 Å². The molecule has 0 amide bonds. The highest BCUT2D eigenvalue weighted by Gasteiger charge is 2.26. The van der Waals surface area contributed by atoms with Gasteiger partial charge in [0.25, 0.3) is 0 Å². The first-order chi connectivity index (χ1) is 68.2. The molecule has 0 N–H and O–H groups in total. The molecule has 0 bridgehead atoms. The molecule has 143 heavy (non-hydrogen) atoms. The van der Waals surface area contributed by atoms with Crippen molar-refractivity contribution in [2.24, 2.45) is 0 Å². The van der Waals surface area contributed by atoms with E-state index in [0.29, 0.717) is 115 Å². The lowest BCUT2D eigenvalue weighted by Gasteiger charge is -1.99. The number of halogens is 8. The Hall–Kier alpha value is -7.98. The van der Waals surface area contributed by atoms with Crippen LogP contribution in [0.3, 0.4) is 0 Å². The molecule has 0 aromatic carbocycles. The maximum atomic E-state index is 12.2. The van der Waals surface area contributed by atoms with Gasteiger partial charge in [0.1, 0.15) is 8.67 Å². The summed E-state index contributed by atoms with van der Waals surface area (Å²) in [6, 6.07) is 34.5. The molecular formula is C104H88Cl8O16S15.